The van der Waals surface area contributed by atoms with Crippen LogP contribution in [-0.4, -0.2) is 35.9 Å². The van der Waals surface area contributed by atoms with E-state index in [1.165, 1.54) is 6.20 Å². The van der Waals surface area contributed by atoms with Crippen molar-refractivity contribution in [3.05, 3.63) is 34.7 Å². The lowest BCUT2D eigenvalue weighted by Crippen LogP contribution is -2.36. The molecule has 1 aromatic carbocycles. The van der Waals surface area contributed by atoms with E-state index in [0.717, 1.165) is 43.0 Å². The molecule has 0 spiro atoms. The molecule has 1 aliphatic heterocycles. The first-order chi connectivity index (χ1) is 8.75. The van der Waals surface area contributed by atoms with Crippen molar-refractivity contribution >= 4 is 16.7 Å². The monoisotopic (exact) mass is 245 g/mol. The third-order valence-corrected chi connectivity index (χ3v) is 3.34. The molecular weight excluding hydrogens is 230 g/mol. The Morgan fingerprint density at radius 3 is 2.83 bits per heavy atom. The van der Waals surface area contributed by atoms with Crippen LogP contribution in [0.3, 0.4) is 0 Å². The summed E-state index contributed by atoms with van der Waals surface area (Å²) in [5, 5.41) is 0. The SMILES string of the molecule is Cn1c(=O)cnc2cc(N3CCOCC3)ccc21. The molecule has 0 unspecified atom stereocenters. The van der Waals surface area contributed by atoms with Crippen molar-refractivity contribution in [3.63, 3.8) is 0 Å². The zero-order valence-corrected chi connectivity index (χ0v) is 10.3. The topological polar surface area (TPSA) is 47.4 Å². The fraction of sp³-hybridized carbons (Fsp3) is 0.385. The Bertz CT molecular complexity index is 630. The van der Waals surface area contributed by atoms with Crippen LogP contribution in [0.15, 0.2) is 29.2 Å². The first-order valence-corrected chi connectivity index (χ1v) is 6.04. The molecule has 1 aliphatic rings. The van der Waals surface area contributed by atoms with E-state index in [1.54, 1.807) is 11.6 Å². The average molecular weight is 245 g/mol. The van der Waals surface area contributed by atoms with Gasteiger partial charge in [-0.2, -0.15) is 0 Å². The zero-order valence-electron chi connectivity index (χ0n) is 10.3. The Kier molecular flexibility index (Phi) is 2.76. The first kappa shape index (κ1) is 11.2. The van der Waals surface area contributed by atoms with E-state index in [0.29, 0.717) is 0 Å². The minimum absolute atomic E-state index is 0.0818. The lowest BCUT2D eigenvalue weighted by molar-refractivity contribution is 0.122. The first-order valence-electron chi connectivity index (χ1n) is 6.04. The molecule has 1 fully saturated rings. The average Bonchev–Trinajstić information content (AvgIpc) is 2.44. The molecule has 3 rings (SSSR count). The van der Waals surface area contributed by atoms with Crippen molar-refractivity contribution in [2.45, 2.75) is 0 Å². The third-order valence-electron chi connectivity index (χ3n) is 3.34. The predicted octanol–water partition coefficient (Wildman–Crippen LogP) is 0.770. The Labute approximate surface area is 105 Å². The summed E-state index contributed by atoms with van der Waals surface area (Å²) in [5.41, 5.74) is 2.76. The van der Waals surface area contributed by atoms with Crippen molar-refractivity contribution in [1.29, 1.82) is 0 Å². The van der Waals surface area contributed by atoms with Gasteiger partial charge in [0.25, 0.3) is 5.56 Å². The molecule has 0 saturated carbocycles. The Balaban J connectivity index is 2.06. The number of benzene rings is 1. The lowest BCUT2D eigenvalue weighted by atomic mass is 10.2. The van der Waals surface area contributed by atoms with Gasteiger partial charge in [0.2, 0.25) is 0 Å². The van der Waals surface area contributed by atoms with Gasteiger partial charge in [0.15, 0.2) is 0 Å². The van der Waals surface area contributed by atoms with E-state index >= 15 is 0 Å². The van der Waals surface area contributed by atoms with Gasteiger partial charge >= 0.3 is 0 Å². The van der Waals surface area contributed by atoms with Crippen LogP contribution in [0, 0.1) is 0 Å². The second-order valence-electron chi connectivity index (χ2n) is 4.43. The van der Waals surface area contributed by atoms with Crippen LogP contribution in [0.25, 0.3) is 11.0 Å². The Morgan fingerprint density at radius 1 is 1.28 bits per heavy atom. The molecule has 2 heterocycles. The maximum Gasteiger partial charge on any atom is 0.269 e. The van der Waals surface area contributed by atoms with Crippen LogP contribution < -0.4 is 10.5 Å². The third kappa shape index (κ3) is 1.86. The van der Waals surface area contributed by atoms with E-state index in [2.05, 4.69) is 9.88 Å². The number of hydrogen-bond acceptors (Lipinski definition) is 4. The van der Waals surface area contributed by atoms with Gasteiger partial charge in [0.05, 0.1) is 30.4 Å². The van der Waals surface area contributed by atoms with Gasteiger partial charge in [-0.15, -0.1) is 0 Å². The van der Waals surface area contributed by atoms with Crippen LogP contribution >= 0.6 is 0 Å². The summed E-state index contributed by atoms with van der Waals surface area (Å²) in [6.45, 7) is 3.33. The summed E-state index contributed by atoms with van der Waals surface area (Å²) < 4.78 is 6.96. The summed E-state index contributed by atoms with van der Waals surface area (Å²) in [6.07, 6.45) is 1.37. The standard InChI is InChI=1S/C13H15N3O2/c1-15-12-3-2-10(16-4-6-18-7-5-16)8-11(12)14-9-13(15)17/h2-3,8-9H,4-7H2,1H3. The molecule has 0 atom stereocenters. The minimum Gasteiger partial charge on any atom is -0.378 e. The summed E-state index contributed by atoms with van der Waals surface area (Å²) in [4.78, 5) is 18.0. The van der Waals surface area contributed by atoms with Crippen molar-refractivity contribution in [2.24, 2.45) is 7.05 Å². The second kappa shape index (κ2) is 4.42. The number of aromatic nitrogens is 2. The van der Waals surface area contributed by atoms with Crippen LogP contribution in [0.4, 0.5) is 5.69 Å². The number of nitrogens with zero attached hydrogens (tertiary/aromatic N) is 3. The van der Waals surface area contributed by atoms with Gasteiger partial charge in [0, 0.05) is 25.8 Å². The fourth-order valence-corrected chi connectivity index (χ4v) is 2.25. The summed E-state index contributed by atoms with van der Waals surface area (Å²) >= 11 is 0. The smallest absolute Gasteiger partial charge is 0.269 e. The zero-order chi connectivity index (χ0) is 12.5. The quantitative estimate of drug-likeness (QED) is 0.744. The molecule has 0 aliphatic carbocycles. The van der Waals surface area contributed by atoms with Crippen LogP contribution in [0.5, 0.6) is 0 Å². The Hall–Kier alpha value is -1.88. The van der Waals surface area contributed by atoms with Gasteiger partial charge in [-0.3, -0.25) is 4.79 Å². The Morgan fingerprint density at radius 2 is 2.06 bits per heavy atom. The summed E-state index contributed by atoms with van der Waals surface area (Å²) in [7, 11) is 1.76. The molecule has 94 valence electrons. The molecule has 5 heteroatoms. The maximum absolute atomic E-state index is 11.5. The van der Waals surface area contributed by atoms with Gasteiger partial charge in [-0.25, -0.2) is 4.98 Å². The number of anilines is 1. The number of morpholine rings is 1. The molecule has 2 aromatic rings. The molecule has 0 bridgehead atoms. The van der Waals surface area contributed by atoms with E-state index < -0.39 is 0 Å². The van der Waals surface area contributed by atoms with Crippen LogP contribution in [0.1, 0.15) is 0 Å². The molecular formula is C13H15N3O2. The molecule has 5 nitrogen and oxygen atoms in total. The highest BCUT2D eigenvalue weighted by Crippen LogP contribution is 2.20. The molecule has 1 saturated heterocycles. The lowest BCUT2D eigenvalue weighted by Gasteiger charge is -2.29. The largest absolute Gasteiger partial charge is 0.378 e. The van der Waals surface area contributed by atoms with Crippen molar-refractivity contribution in [2.75, 3.05) is 31.2 Å². The number of rotatable bonds is 1. The highest BCUT2D eigenvalue weighted by molar-refractivity contribution is 5.79. The maximum atomic E-state index is 11.5. The van der Waals surface area contributed by atoms with Crippen LogP contribution in [-0.2, 0) is 11.8 Å². The van der Waals surface area contributed by atoms with Gasteiger partial charge < -0.3 is 14.2 Å². The minimum atomic E-state index is -0.0818. The van der Waals surface area contributed by atoms with Gasteiger partial charge in [-0.05, 0) is 18.2 Å². The molecule has 18 heavy (non-hydrogen) atoms. The molecule has 1 aromatic heterocycles. The molecule has 0 N–H and O–H groups in total. The highest BCUT2D eigenvalue weighted by atomic mass is 16.5. The normalized spacial score (nSPS) is 16.2. The molecule has 0 radical (unpaired) electrons. The van der Waals surface area contributed by atoms with E-state index in [9.17, 15) is 4.79 Å². The fourth-order valence-electron chi connectivity index (χ4n) is 2.25. The van der Waals surface area contributed by atoms with E-state index in [4.69, 9.17) is 4.74 Å². The number of aryl methyl sites for hydroxylation is 1. The number of fused-ring (bicyclic) bond motifs is 1. The highest BCUT2D eigenvalue weighted by Gasteiger charge is 2.12. The number of ether oxygens (including phenoxy) is 1. The molecule has 0 amide bonds. The van der Waals surface area contributed by atoms with Crippen molar-refractivity contribution < 1.29 is 4.74 Å². The summed E-state index contributed by atoms with van der Waals surface area (Å²) in [6, 6.07) is 6.02. The second-order valence-corrected chi connectivity index (χ2v) is 4.43. The number of hydrogen-bond donors (Lipinski definition) is 0. The van der Waals surface area contributed by atoms with Gasteiger partial charge in [0.1, 0.15) is 0 Å². The van der Waals surface area contributed by atoms with Gasteiger partial charge in [-0.1, -0.05) is 0 Å². The van der Waals surface area contributed by atoms with Crippen molar-refractivity contribution in [1.82, 2.24) is 9.55 Å². The van der Waals surface area contributed by atoms with E-state index in [-0.39, 0.29) is 5.56 Å². The summed E-state index contributed by atoms with van der Waals surface area (Å²) in [5.74, 6) is 0. The van der Waals surface area contributed by atoms with Crippen LogP contribution in [0.2, 0.25) is 0 Å². The predicted molar refractivity (Wildman–Crippen MR) is 70.0 cm³/mol. The van der Waals surface area contributed by atoms with E-state index in [1.807, 2.05) is 18.2 Å². The van der Waals surface area contributed by atoms with Crippen molar-refractivity contribution in [3.8, 4) is 0 Å².